The highest BCUT2D eigenvalue weighted by molar-refractivity contribution is 7.94. The van der Waals surface area contributed by atoms with Crippen molar-refractivity contribution in [1.82, 2.24) is 19.8 Å². The SMILES string of the molecule is C.CCN(c1cccc2cc(-c3ncc(CN4CCN(CC5CCCO5)CC4)s3)[nH]c12)S(=O)(=O)c1cccs1. The maximum Gasteiger partial charge on any atom is 0.273 e. The maximum atomic E-state index is 13.3. The van der Waals surface area contributed by atoms with Crippen molar-refractivity contribution in [2.45, 2.75) is 44.0 Å². The molecule has 3 aromatic heterocycles. The molecule has 0 saturated carbocycles. The number of hydrogen-bond acceptors (Lipinski definition) is 8. The number of benzene rings is 1. The molecule has 0 aliphatic carbocycles. The molecule has 11 heteroatoms. The predicted molar refractivity (Wildman–Crippen MR) is 161 cm³/mol. The number of nitrogens with zero attached hydrogens (tertiary/aromatic N) is 4. The fraction of sp³-hybridized carbons (Fsp3) is 0.464. The first-order valence-electron chi connectivity index (χ1n) is 13.2. The van der Waals surface area contributed by atoms with Gasteiger partial charge >= 0.3 is 0 Å². The summed E-state index contributed by atoms with van der Waals surface area (Å²) in [5.41, 5.74) is 2.38. The lowest BCUT2D eigenvalue weighted by atomic mass is 10.2. The second kappa shape index (κ2) is 12.1. The van der Waals surface area contributed by atoms with Crippen LogP contribution in [0.4, 0.5) is 5.69 Å². The number of anilines is 1. The van der Waals surface area contributed by atoms with E-state index in [4.69, 9.17) is 9.72 Å². The van der Waals surface area contributed by atoms with E-state index in [1.165, 1.54) is 33.4 Å². The summed E-state index contributed by atoms with van der Waals surface area (Å²) < 4.78 is 34.3. The lowest BCUT2D eigenvalue weighted by Crippen LogP contribution is -2.47. The van der Waals surface area contributed by atoms with E-state index in [0.29, 0.717) is 22.5 Å². The van der Waals surface area contributed by atoms with Crippen molar-refractivity contribution < 1.29 is 13.2 Å². The van der Waals surface area contributed by atoms with Crippen LogP contribution in [0.15, 0.2) is 52.2 Å². The number of sulfonamides is 1. The Kier molecular flexibility index (Phi) is 8.75. The molecule has 0 amide bonds. The van der Waals surface area contributed by atoms with Gasteiger partial charge in [0.25, 0.3) is 10.0 Å². The number of para-hydroxylation sites is 1. The third kappa shape index (κ3) is 5.94. The van der Waals surface area contributed by atoms with Gasteiger partial charge in [0.05, 0.1) is 23.0 Å². The summed E-state index contributed by atoms with van der Waals surface area (Å²) in [6, 6.07) is 11.3. The van der Waals surface area contributed by atoms with Crippen molar-refractivity contribution in [1.29, 1.82) is 0 Å². The van der Waals surface area contributed by atoms with Gasteiger partial charge in [-0.3, -0.25) is 14.1 Å². The minimum Gasteiger partial charge on any atom is -0.377 e. The van der Waals surface area contributed by atoms with Gasteiger partial charge in [0.2, 0.25) is 0 Å². The molecule has 2 aliphatic heterocycles. The molecular weight excluding hydrogens is 551 g/mol. The summed E-state index contributed by atoms with van der Waals surface area (Å²) in [6.07, 6.45) is 4.79. The Labute approximate surface area is 239 Å². The second-order valence-electron chi connectivity index (χ2n) is 9.87. The van der Waals surface area contributed by atoms with Gasteiger partial charge < -0.3 is 9.72 Å². The van der Waals surface area contributed by atoms with E-state index in [0.717, 1.165) is 67.5 Å². The molecule has 2 aliphatic rings. The maximum absolute atomic E-state index is 13.3. The fourth-order valence-electron chi connectivity index (χ4n) is 5.38. The minimum absolute atomic E-state index is 0. The molecule has 39 heavy (non-hydrogen) atoms. The minimum atomic E-state index is -3.63. The molecule has 0 spiro atoms. The van der Waals surface area contributed by atoms with Crippen molar-refractivity contribution in [3.8, 4) is 10.7 Å². The van der Waals surface area contributed by atoms with Crippen LogP contribution < -0.4 is 4.31 Å². The number of fused-ring (bicyclic) bond motifs is 1. The van der Waals surface area contributed by atoms with Crippen molar-refractivity contribution in [2.75, 3.05) is 50.2 Å². The van der Waals surface area contributed by atoms with Crippen LogP contribution in [0.1, 0.15) is 32.1 Å². The number of thiazole rings is 1. The highest BCUT2D eigenvalue weighted by Crippen LogP contribution is 2.35. The topological polar surface area (TPSA) is 81.8 Å². The normalized spacial score (nSPS) is 18.9. The molecule has 2 fully saturated rings. The summed E-state index contributed by atoms with van der Waals surface area (Å²) in [6.45, 7) is 9.37. The number of rotatable bonds is 9. The largest absolute Gasteiger partial charge is 0.377 e. The molecule has 210 valence electrons. The first-order valence-corrected chi connectivity index (χ1v) is 16.3. The third-order valence-electron chi connectivity index (χ3n) is 7.34. The smallest absolute Gasteiger partial charge is 0.273 e. The number of aromatic nitrogens is 2. The molecule has 0 radical (unpaired) electrons. The number of hydrogen-bond donors (Lipinski definition) is 1. The van der Waals surface area contributed by atoms with Gasteiger partial charge in [-0.15, -0.1) is 22.7 Å². The van der Waals surface area contributed by atoms with Gasteiger partial charge in [-0.1, -0.05) is 25.6 Å². The average molecular weight is 588 g/mol. The van der Waals surface area contributed by atoms with E-state index in [-0.39, 0.29) is 7.43 Å². The standard InChI is InChI=1S/C27H33N5O3S3.CH4/c1-2-32(38(33,34)25-9-5-15-36-25)24-8-3-6-20-16-23(29-26(20)24)27-28-17-22(37-27)19-31-12-10-30(11-13-31)18-21-7-4-14-35-21;/h3,5-6,8-9,15-17,21,29H,2,4,7,10-14,18-19H2,1H3;1H4. The summed E-state index contributed by atoms with van der Waals surface area (Å²) in [7, 11) is -3.63. The van der Waals surface area contributed by atoms with Gasteiger partial charge in [-0.25, -0.2) is 13.4 Å². The number of thiophene rings is 1. The quantitative estimate of drug-likeness (QED) is 0.279. The van der Waals surface area contributed by atoms with Crippen molar-refractivity contribution in [3.63, 3.8) is 0 Å². The van der Waals surface area contributed by atoms with Crippen LogP contribution in [0.3, 0.4) is 0 Å². The van der Waals surface area contributed by atoms with Crippen LogP contribution >= 0.6 is 22.7 Å². The Balaban J connectivity index is 0.00000308. The molecular formula is C28H37N5O3S3. The summed E-state index contributed by atoms with van der Waals surface area (Å²) >= 11 is 2.94. The van der Waals surface area contributed by atoms with E-state index in [9.17, 15) is 8.42 Å². The van der Waals surface area contributed by atoms with Crippen LogP contribution in [0, 0.1) is 0 Å². The van der Waals surface area contributed by atoms with Crippen LogP contribution in [-0.2, 0) is 21.3 Å². The third-order valence-corrected chi connectivity index (χ3v) is 11.6. The van der Waals surface area contributed by atoms with E-state index >= 15 is 0 Å². The molecule has 5 heterocycles. The van der Waals surface area contributed by atoms with Crippen LogP contribution in [-0.4, -0.2) is 80.2 Å². The number of H-pyrrole nitrogens is 1. The molecule has 0 bridgehead atoms. The zero-order valence-electron chi connectivity index (χ0n) is 21.5. The molecule has 2 saturated heterocycles. The Morgan fingerprint density at radius 3 is 2.69 bits per heavy atom. The first kappa shape index (κ1) is 28.3. The zero-order chi connectivity index (χ0) is 26.1. The van der Waals surface area contributed by atoms with E-state index in [1.807, 2.05) is 31.3 Å². The lowest BCUT2D eigenvalue weighted by Gasteiger charge is -2.35. The number of ether oxygens (including phenoxy) is 1. The van der Waals surface area contributed by atoms with Gasteiger partial charge in [0, 0.05) is 68.9 Å². The van der Waals surface area contributed by atoms with Crippen molar-refractivity contribution in [2.24, 2.45) is 0 Å². The molecule has 1 aromatic carbocycles. The Morgan fingerprint density at radius 1 is 1.15 bits per heavy atom. The summed E-state index contributed by atoms with van der Waals surface area (Å²) in [5.74, 6) is 0. The molecule has 6 rings (SSSR count). The number of piperazine rings is 1. The van der Waals surface area contributed by atoms with Crippen LogP contribution in [0.25, 0.3) is 21.6 Å². The predicted octanol–water partition coefficient (Wildman–Crippen LogP) is 5.50. The average Bonchev–Trinajstić information content (AvgIpc) is 3.73. The highest BCUT2D eigenvalue weighted by Gasteiger charge is 2.27. The van der Waals surface area contributed by atoms with Crippen LogP contribution in [0.5, 0.6) is 0 Å². The molecule has 1 N–H and O–H groups in total. The van der Waals surface area contributed by atoms with Crippen molar-refractivity contribution in [3.05, 3.63) is 52.9 Å². The number of aromatic amines is 1. The van der Waals surface area contributed by atoms with Gasteiger partial charge in [0.1, 0.15) is 9.22 Å². The van der Waals surface area contributed by atoms with Gasteiger partial charge in [-0.05, 0) is 43.3 Å². The first-order chi connectivity index (χ1) is 18.5. The zero-order valence-corrected chi connectivity index (χ0v) is 24.0. The Bertz CT molecular complexity index is 1470. The van der Waals surface area contributed by atoms with E-state index in [1.54, 1.807) is 28.8 Å². The monoisotopic (exact) mass is 587 g/mol. The Morgan fingerprint density at radius 2 is 1.97 bits per heavy atom. The van der Waals surface area contributed by atoms with E-state index in [2.05, 4.69) is 20.9 Å². The van der Waals surface area contributed by atoms with Crippen molar-refractivity contribution >= 4 is 49.3 Å². The summed E-state index contributed by atoms with van der Waals surface area (Å²) in [4.78, 5) is 14.5. The van der Waals surface area contributed by atoms with Gasteiger partial charge in [-0.2, -0.15) is 0 Å². The second-order valence-corrected chi connectivity index (χ2v) is 14.0. The fourth-order valence-corrected chi connectivity index (χ4v) is 8.90. The molecule has 1 unspecified atom stereocenters. The van der Waals surface area contributed by atoms with Crippen LogP contribution in [0.2, 0.25) is 0 Å². The highest BCUT2D eigenvalue weighted by atomic mass is 32.2. The number of nitrogens with one attached hydrogen (secondary N) is 1. The Hall–Kier alpha value is -2.28. The molecule has 8 nitrogen and oxygen atoms in total. The summed E-state index contributed by atoms with van der Waals surface area (Å²) in [5, 5.41) is 3.68. The van der Waals surface area contributed by atoms with E-state index < -0.39 is 10.0 Å². The van der Waals surface area contributed by atoms with Gasteiger partial charge in [0.15, 0.2) is 0 Å². The lowest BCUT2D eigenvalue weighted by molar-refractivity contribution is 0.0491. The molecule has 4 aromatic rings. The molecule has 1 atom stereocenters.